The van der Waals surface area contributed by atoms with Crippen LogP contribution in [0.2, 0.25) is 0 Å². The van der Waals surface area contributed by atoms with Crippen LogP contribution in [0.1, 0.15) is 201 Å². The summed E-state index contributed by atoms with van der Waals surface area (Å²) in [6.07, 6.45) is 38.6. The zero-order valence-electron chi connectivity index (χ0n) is 33.0. The lowest BCUT2D eigenvalue weighted by molar-refractivity contribution is -0.142. The van der Waals surface area contributed by atoms with E-state index in [-0.39, 0.29) is 12.1 Å². The molecule has 8 nitrogen and oxygen atoms in total. The number of allylic oxidation sites excluding steroid dienone is 3. The molecule has 8 heteroatoms. The van der Waals surface area contributed by atoms with Crippen molar-refractivity contribution in [2.75, 3.05) is 19.8 Å². The smallest absolute Gasteiger partial charge is 0.303 e. The predicted molar refractivity (Wildman–Crippen MR) is 209 cm³/mol. The van der Waals surface area contributed by atoms with E-state index in [0.717, 1.165) is 64.2 Å². The standard InChI is InChI=1S/C18H34O3.C18H34O2.C6H12O3/c1-2-3-4-11-14-17(19)15-12-9-7-5-6-8-10-13-16-18(20)21;1-2-3-4-5-6-7-8-9-10-11-12-13-14-15-16-17-18(19)20;1-3-8-4-5-9-6(2)7/h9,12,17,19H,2-8,10-11,13-16H2,1H3,(H,20,21);9-10H,2-8,11-17H2,1H3,(H,19,20);3-5H2,1-2H3/b12-9-;10-9-;. The molecule has 0 saturated carbocycles. The number of carbonyl (C=O) groups excluding carboxylic acids is 1. The molecule has 0 aromatic carbocycles. The first-order valence-electron chi connectivity index (χ1n) is 20.3. The van der Waals surface area contributed by atoms with Gasteiger partial charge >= 0.3 is 17.9 Å². The molecule has 0 radical (unpaired) electrons. The molecule has 50 heavy (non-hydrogen) atoms. The summed E-state index contributed by atoms with van der Waals surface area (Å²) in [5.41, 5.74) is 0. The Morgan fingerprint density at radius 1 is 0.540 bits per heavy atom. The van der Waals surface area contributed by atoms with Gasteiger partial charge in [-0.15, -0.1) is 0 Å². The third-order valence-corrected chi connectivity index (χ3v) is 8.12. The van der Waals surface area contributed by atoms with Crippen LogP contribution in [-0.2, 0) is 23.9 Å². The summed E-state index contributed by atoms with van der Waals surface area (Å²) in [6, 6.07) is 0. The van der Waals surface area contributed by atoms with Gasteiger partial charge in [0.1, 0.15) is 6.61 Å². The van der Waals surface area contributed by atoms with Gasteiger partial charge in [0.2, 0.25) is 0 Å². The maximum atomic E-state index is 10.3. The van der Waals surface area contributed by atoms with E-state index in [2.05, 4.69) is 42.9 Å². The number of hydrogen-bond donors (Lipinski definition) is 3. The van der Waals surface area contributed by atoms with Gasteiger partial charge in [0.25, 0.3) is 0 Å². The number of aliphatic carboxylic acids is 2. The highest BCUT2D eigenvalue weighted by atomic mass is 16.6. The van der Waals surface area contributed by atoms with Gasteiger partial charge in [0.05, 0.1) is 12.7 Å². The van der Waals surface area contributed by atoms with E-state index in [1.165, 1.54) is 103 Å². The monoisotopic (exact) mass is 713 g/mol. The molecule has 0 aromatic heterocycles. The summed E-state index contributed by atoms with van der Waals surface area (Å²) in [5.74, 6) is -1.61. The van der Waals surface area contributed by atoms with Crippen molar-refractivity contribution in [2.45, 2.75) is 207 Å². The van der Waals surface area contributed by atoms with Crippen LogP contribution in [0.25, 0.3) is 0 Å². The lowest BCUT2D eigenvalue weighted by Crippen LogP contribution is -2.06. The van der Waals surface area contributed by atoms with Gasteiger partial charge in [-0.25, -0.2) is 0 Å². The molecule has 0 amide bonds. The highest BCUT2D eigenvalue weighted by Gasteiger charge is 2.01. The van der Waals surface area contributed by atoms with Crippen molar-refractivity contribution < 1.29 is 39.2 Å². The number of aliphatic hydroxyl groups excluding tert-OH is 1. The number of rotatable bonds is 34. The Labute approximate surface area is 307 Å². The summed E-state index contributed by atoms with van der Waals surface area (Å²) in [5, 5.41) is 26.8. The quantitative estimate of drug-likeness (QED) is 0.0341. The van der Waals surface area contributed by atoms with Crippen LogP contribution < -0.4 is 0 Å². The molecule has 0 aromatic rings. The van der Waals surface area contributed by atoms with Crippen molar-refractivity contribution in [1.29, 1.82) is 0 Å². The molecule has 0 spiro atoms. The molecule has 296 valence electrons. The average molecular weight is 713 g/mol. The van der Waals surface area contributed by atoms with Crippen molar-refractivity contribution in [2.24, 2.45) is 0 Å². The molecule has 0 heterocycles. The van der Waals surface area contributed by atoms with Gasteiger partial charge in [0, 0.05) is 26.4 Å². The summed E-state index contributed by atoms with van der Waals surface area (Å²) in [4.78, 5) is 30.8. The lowest BCUT2D eigenvalue weighted by atomic mass is 10.1. The Kier molecular flexibility index (Phi) is 48.8. The molecule has 1 atom stereocenters. The number of ether oxygens (including phenoxy) is 2. The number of aliphatic hydroxyl groups is 1. The van der Waals surface area contributed by atoms with Gasteiger partial charge in [0.15, 0.2) is 0 Å². The number of carboxylic acid groups (broad SMARTS) is 2. The van der Waals surface area contributed by atoms with Crippen LogP contribution in [0.3, 0.4) is 0 Å². The van der Waals surface area contributed by atoms with Gasteiger partial charge < -0.3 is 24.8 Å². The maximum Gasteiger partial charge on any atom is 0.303 e. The Bertz CT molecular complexity index is 765. The molecule has 3 N–H and O–H groups in total. The van der Waals surface area contributed by atoms with E-state index in [0.29, 0.717) is 32.7 Å². The first kappa shape index (κ1) is 52.2. The SMILES string of the molecule is CCCCCCC(O)C/C=C\CCCCCCCC(=O)O.CCCCCCCC/C=C\CCCCCCCC(=O)O.CCOCCOC(C)=O. The molecule has 0 aliphatic heterocycles. The minimum atomic E-state index is -0.689. The first-order chi connectivity index (χ1) is 24.2. The molecular weight excluding hydrogens is 632 g/mol. The average Bonchev–Trinajstić information content (AvgIpc) is 3.08. The molecule has 0 aliphatic carbocycles. The number of esters is 1. The zero-order valence-corrected chi connectivity index (χ0v) is 33.0. The number of unbranched alkanes of at least 4 members (excludes halogenated alkanes) is 19. The van der Waals surface area contributed by atoms with Crippen molar-refractivity contribution >= 4 is 17.9 Å². The predicted octanol–water partition coefficient (Wildman–Crippen LogP) is 11.8. The maximum absolute atomic E-state index is 10.3. The van der Waals surface area contributed by atoms with Crippen molar-refractivity contribution in [3.63, 3.8) is 0 Å². The van der Waals surface area contributed by atoms with Crippen molar-refractivity contribution in [3.8, 4) is 0 Å². The fraction of sp³-hybridized carbons (Fsp3) is 0.833. The zero-order chi connectivity index (χ0) is 37.8. The fourth-order valence-electron chi connectivity index (χ4n) is 5.10. The molecule has 0 fully saturated rings. The van der Waals surface area contributed by atoms with Crippen LogP contribution in [0.5, 0.6) is 0 Å². The summed E-state index contributed by atoms with van der Waals surface area (Å²) in [7, 11) is 0. The van der Waals surface area contributed by atoms with E-state index < -0.39 is 11.9 Å². The Morgan fingerprint density at radius 2 is 0.940 bits per heavy atom. The summed E-state index contributed by atoms with van der Waals surface area (Å²) >= 11 is 0. The molecular formula is C42H80O8. The Morgan fingerprint density at radius 3 is 1.36 bits per heavy atom. The van der Waals surface area contributed by atoms with E-state index in [9.17, 15) is 19.5 Å². The Balaban J connectivity index is -0.000000714. The highest BCUT2D eigenvalue weighted by Crippen LogP contribution is 2.12. The number of carbonyl (C=O) groups is 3. The third-order valence-electron chi connectivity index (χ3n) is 8.12. The largest absolute Gasteiger partial charge is 0.481 e. The minimum absolute atomic E-state index is 0.172. The van der Waals surface area contributed by atoms with Crippen LogP contribution in [0.15, 0.2) is 24.3 Å². The fourth-order valence-corrected chi connectivity index (χ4v) is 5.10. The minimum Gasteiger partial charge on any atom is -0.481 e. The second kappa shape index (κ2) is 46.8. The normalized spacial score (nSPS) is 11.5. The third kappa shape index (κ3) is 58.0. The number of hydrogen-bond acceptors (Lipinski definition) is 6. The second-order valence-electron chi connectivity index (χ2n) is 13.2. The summed E-state index contributed by atoms with van der Waals surface area (Å²) in [6.45, 7) is 9.26. The van der Waals surface area contributed by atoms with E-state index >= 15 is 0 Å². The molecule has 0 saturated heterocycles. The van der Waals surface area contributed by atoms with Gasteiger partial charge in [-0.2, -0.15) is 0 Å². The lowest BCUT2D eigenvalue weighted by Gasteiger charge is -2.07. The van der Waals surface area contributed by atoms with Crippen LogP contribution in [-0.4, -0.2) is 59.2 Å². The van der Waals surface area contributed by atoms with Gasteiger partial charge in [-0.3, -0.25) is 14.4 Å². The van der Waals surface area contributed by atoms with Crippen LogP contribution in [0, 0.1) is 0 Å². The van der Waals surface area contributed by atoms with Crippen LogP contribution >= 0.6 is 0 Å². The molecule has 0 bridgehead atoms. The second-order valence-corrected chi connectivity index (χ2v) is 13.2. The first-order valence-corrected chi connectivity index (χ1v) is 20.3. The molecule has 0 rings (SSSR count). The topological polar surface area (TPSA) is 130 Å². The van der Waals surface area contributed by atoms with E-state index in [1.54, 1.807) is 0 Å². The molecule has 1 unspecified atom stereocenters. The van der Waals surface area contributed by atoms with E-state index in [1.807, 2.05) is 6.92 Å². The van der Waals surface area contributed by atoms with Crippen LogP contribution in [0.4, 0.5) is 0 Å². The molecule has 0 aliphatic rings. The van der Waals surface area contributed by atoms with Crippen molar-refractivity contribution in [1.82, 2.24) is 0 Å². The highest BCUT2D eigenvalue weighted by molar-refractivity contribution is 5.66. The van der Waals surface area contributed by atoms with Gasteiger partial charge in [-0.05, 0) is 71.1 Å². The Hall–Kier alpha value is -2.19. The number of carboxylic acids is 2. The van der Waals surface area contributed by atoms with Gasteiger partial charge in [-0.1, -0.05) is 134 Å². The van der Waals surface area contributed by atoms with Crippen molar-refractivity contribution in [3.05, 3.63) is 24.3 Å². The van der Waals surface area contributed by atoms with E-state index in [4.69, 9.17) is 14.9 Å². The summed E-state index contributed by atoms with van der Waals surface area (Å²) < 4.78 is 9.49.